The van der Waals surface area contributed by atoms with Crippen LogP contribution in [0.15, 0.2) is 36.4 Å². The summed E-state index contributed by atoms with van der Waals surface area (Å²) in [4.78, 5) is 14.5. The predicted molar refractivity (Wildman–Crippen MR) is 110 cm³/mol. The largest absolute Gasteiger partial charge is 0.497 e. The summed E-state index contributed by atoms with van der Waals surface area (Å²) in [6.45, 7) is -7.04. The van der Waals surface area contributed by atoms with E-state index in [0.29, 0.717) is 28.3 Å². The van der Waals surface area contributed by atoms with Crippen molar-refractivity contribution in [1.29, 1.82) is 0 Å². The molecule has 1 fully saturated rings. The average Bonchev–Trinajstić information content (AvgIpc) is 2.80. The highest BCUT2D eigenvalue weighted by molar-refractivity contribution is 5.79. The van der Waals surface area contributed by atoms with Gasteiger partial charge in [-0.1, -0.05) is 12.1 Å². The minimum absolute atomic E-state index is 0.0458. The molecule has 0 aliphatic carbocycles. The van der Waals surface area contributed by atoms with Crippen LogP contribution in [0.1, 0.15) is 25.8 Å². The summed E-state index contributed by atoms with van der Waals surface area (Å²) in [5.41, 5.74) is -1.78. The van der Waals surface area contributed by atoms with Gasteiger partial charge in [-0.2, -0.15) is 0 Å². The van der Waals surface area contributed by atoms with Gasteiger partial charge in [-0.05, 0) is 44.1 Å². The Bertz CT molecular complexity index is 1130. The number of rotatable bonds is 6. The molecular formula is C23H27F3N2O3. The molecule has 168 valence electrons. The second-order valence-electron chi connectivity index (χ2n) is 7.59. The minimum atomic E-state index is -3.04. The number of hydrogen-bond acceptors (Lipinski definition) is 4. The van der Waals surface area contributed by atoms with E-state index < -0.39 is 61.8 Å². The van der Waals surface area contributed by atoms with Crippen molar-refractivity contribution in [2.24, 2.45) is 5.92 Å². The van der Waals surface area contributed by atoms with E-state index in [1.807, 2.05) is 0 Å². The van der Waals surface area contributed by atoms with Crippen molar-refractivity contribution >= 4 is 5.91 Å². The first-order valence-corrected chi connectivity index (χ1v) is 9.62. The molecular weight excluding hydrogens is 409 g/mol. The molecule has 0 aromatic heterocycles. The number of nitrogens with zero attached hydrogens (tertiary/aromatic N) is 2. The molecule has 1 saturated heterocycles. The lowest BCUT2D eigenvalue weighted by atomic mass is 9.75. The van der Waals surface area contributed by atoms with Gasteiger partial charge in [0.2, 0.25) is 5.91 Å². The highest BCUT2D eigenvalue weighted by Crippen LogP contribution is 2.39. The van der Waals surface area contributed by atoms with Crippen LogP contribution in [-0.4, -0.2) is 61.5 Å². The Morgan fingerprint density at radius 3 is 2.71 bits per heavy atom. The van der Waals surface area contributed by atoms with E-state index in [1.165, 1.54) is 18.1 Å². The van der Waals surface area contributed by atoms with Crippen molar-refractivity contribution in [2.45, 2.75) is 18.4 Å². The van der Waals surface area contributed by atoms with Gasteiger partial charge in [-0.3, -0.25) is 4.79 Å². The van der Waals surface area contributed by atoms with Gasteiger partial charge < -0.3 is 19.6 Å². The van der Waals surface area contributed by atoms with E-state index >= 15 is 0 Å². The lowest BCUT2D eigenvalue weighted by molar-refractivity contribution is -0.141. The second-order valence-corrected chi connectivity index (χ2v) is 7.59. The number of halogens is 3. The normalized spacial score (nSPS) is 25.1. The Labute approximate surface area is 188 Å². The van der Waals surface area contributed by atoms with Crippen LogP contribution in [-0.2, 0) is 16.8 Å². The summed E-state index contributed by atoms with van der Waals surface area (Å²) in [5, 5.41) is 11.8. The average molecular weight is 443 g/mol. The van der Waals surface area contributed by atoms with E-state index in [0.717, 1.165) is 0 Å². The molecule has 5 nitrogen and oxygen atoms in total. The molecule has 0 bridgehead atoms. The van der Waals surface area contributed by atoms with E-state index in [-0.39, 0.29) is 25.1 Å². The van der Waals surface area contributed by atoms with Crippen LogP contribution in [0.5, 0.6) is 5.75 Å². The molecule has 2 unspecified atom stereocenters. The van der Waals surface area contributed by atoms with Crippen molar-refractivity contribution < 1.29 is 36.0 Å². The maximum atomic E-state index is 14.1. The van der Waals surface area contributed by atoms with Crippen LogP contribution >= 0.6 is 0 Å². The smallest absolute Gasteiger partial charge is 0.227 e. The number of methoxy groups -OCH3 is 1. The van der Waals surface area contributed by atoms with Gasteiger partial charge in [0.1, 0.15) is 11.6 Å². The van der Waals surface area contributed by atoms with Crippen molar-refractivity contribution in [1.82, 2.24) is 9.80 Å². The Morgan fingerprint density at radius 2 is 2.00 bits per heavy atom. The van der Waals surface area contributed by atoms with Gasteiger partial charge in [-0.25, -0.2) is 13.2 Å². The number of piperidine rings is 1. The quantitative estimate of drug-likeness (QED) is 0.699. The summed E-state index contributed by atoms with van der Waals surface area (Å²) in [7, 11) is 1.42. The maximum Gasteiger partial charge on any atom is 0.227 e. The van der Waals surface area contributed by atoms with Gasteiger partial charge >= 0.3 is 0 Å². The number of carbonyl (C=O) groups excluding carboxylic acids is 1. The first-order chi connectivity index (χ1) is 17.1. The number of ether oxygens (including phenoxy) is 1. The number of benzene rings is 2. The Kier molecular flexibility index (Phi) is 4.82. The van der Waals surface area contributed by atoms with Gasteiger partial charge in [0, 0.05) is 45.4 Å². The third-order valence-electron chi connectivity index (χ3n) is 5.64. The zero-order valence-electron chi connectivity index (χ0n) is 22.9. The topological polar surface area (TPSA) is 53.0 Å². The Balaban J connectivity index is 1.95. The zero-order valence-corrected chi connectivity index (χ0v) is 16.9. The van der Waals surface area contributed by atoms with Crippen LogP contribution in [0, 0.1) is 23.4 Å². The number of carbonyl (C=O) groups is 1. The van der Waals surface area contributed by atoms with Crippen LogP contribution in [0.25, 0.3) is 0 Å². The van der Waals surface area contributed by atoms with E-state index in [1.54, 1.807) is 18.2 Å². The fraction of sp³-hybridized carbons (Fsp3) is 0.435. The molecule has 1 heterocycles. The summed E-state index contributed by atoms with van der Waals surface area (Å²) in [6.07, 6.45) is -0.720. The van der Waals surface area contributed by atoms with E-state index in [4.69, 9.17) is 13.0 Å². The zero-order chi connectivity index (χ0) is 27.8. The molecule has 31 heavy (non-hydrogen) atoms. The Hall–Kier alpha value is -2.58. The number of likely N-dealkylation sites (tertiary alicyclic amines) is 1. The van der Waals surface area contributed by atoms with Gasteiger partial charge in [0.15, 0.2) is 11.6 Å². The molecule has 1 aliphatic rings. The van der Waals surface area contributed by atoms with Gasteiger partial charge in [-0.15, -0.1) is 0 Å². The maximum absolute atomic E-state index is 14.1. The van der Waals surface area contributed by atoms with Gasteiger partial charge in [0.25, 0.3) is 0 Å². The standard InChI is InChI=1S/C23H27F3N2O3/c1-27(2)13-17-14-28(22(29)10-15-9-20(25)21(26)12-19(15)24)8-7-23(17,30)16-5-4-6-18(11-16)31-3/h4-6,9,11-12,17,30H,7-8,10,13-14H2,1-3H3/i1D3,2D3. The van der Waals surface area contributed by atoms with E-state index in [9.17, 15) is 23.1 Å². The summed E-state index contributed by atoms with van der Waals surface area (Å²) in [6, 6.07) is 7.28. The molecule has 3 rings (SSSR count). The highest BCUT2D eigenvalue weighted by atomic mass is 19.2. The monoisotopic (exact) mass is 442 g/mol. The molecule has 1 amide bonds. The third kappa shape index (κ3) is 5.02. The summed E-state index contributed by atoms with van der Waals surface area (Å²) < 4.78 is 92.5. The van der Waals surface area contributed by atoms with Crippen molar-refractivity contribution in [3.8, 4) is 5.75 Å². The number of hydrogen-bond donors (Lipinski definition) is 1. The molecule has 1 aliphatic heterocycles. The summed E-state index contributed by atoms with van der Waals surface area (Å²) in [5.74, 6) is -5.21. The predicted octanol–water partition coefficient (Wildman–Crippen LogP) is 2.95. The first kappa shape index (κ1) is 16.1. The second kappa shape index (κ2) is 9.28. The fourth-order valence-electron chi connectivity index (χ4n) is 3.92. The summed E-state index contributed by atoms with van der Waals surface area (Å²) >= 11 is 0. The van der Waals surface area contributed by atoms with Crippen molar-refractivity contribution in [3.05, 3.63) is 65.0 Å². The molecule has 0 spiro atoms. The highest BCUT2D eigenvalue weighted by Gasteiger charge is 2.44. The molecule has 0 radical (unpaired) electrons. The van der Waals surface area contributed by atoms with Crippen LogP contribution < -0.4 is 4.74 Å². The van der Waals surface area contributed by atoms with Crippen LogP contribution in [0.3, 0.4) is 0 Å². The third-order valence-corrected chi connectivity index (χ3v) is 5.64. The fourth-order valence-corrected chi connectivity index (χ4v) is 3.92. The SMILES string of the molecule is [2H]C([2H])([2H])N(CC1CN(C(=O)Cc2cc(F)c(F)cc2F)CCC1(O)c1cccc(OC)c1)C([2H])([2H])[2H]. The minimum Gasteiger partial charge on any atom is -0.497 e. The van der Waals surface area contributed by atoms with Crippen molar-refractivity contribution in [2.75, 3.05) is 40.7 Å². The molecule has 2 aromatic carbocycles. The Morgan fingerprint density at radius 1 is 1.26 bits per heavy atom. The molecule has 0 saturated carbocycles. The van der Waals surface area contributed by atoms with Crippen LogP contribution in [0.2, 0.25) is 0 Å². The first-order valence-electron chi connectivity index (χ1n) is 12.6. The van der Waals surface area contributed by atoms with Crippen molar-refractivity contribution in [3.63, 3.8) is 0 Å². The molecule has 8 heteroatoms. The van der Waals surface area contributed by atoms with Gasteiger partial charge in [0.05, 0.1) is 19.1 Å². The number of amides is 1. The number of aliphatic hydroxyl groups is 1. The van der Waals surface area contributed by atoms with E-state index in [2.05, 4.69) is 0 Å². The lowest BCUT2D eigenvalue weighted by Gasteiger charge is -2.46. The molecule has 2 atom stereocenters. The molecule has 2 aromatic rings. The molecule has 1 N–H and O–H groups in total. The lowest BCUT2D eigenvalue weighted by Crippen LogP contribution is -2.54. The van der Waals surface area contributed by atoms with Crippen LogP contribution in [0.4, 0.5) is 13.2 Å².